The molecule has 1 unspecified atom stereocenters. The minimum atomic E-state index is -0.956. The lowest BCUT2D eigenvalue weighted by molar-refractivity contribution is -0.152. The maximum Gasteiger partial charge on any atom is 0.305 e. The van der Waals surface area contributed by atoms with Gasteiger partial charge in [-0.15, -0.1) is 0 Å². The number of hydrogen-bond donors (Lipinski definition) is 1. The Balaban J connectivity index is 3.40. The van der Waals surface area contributed by atoms with Gasteiger partial charge in [0.15, 0.2) is 0 Å². The first-order chi connectivity index (χ1) is 20.8. The number of unbranched alkanes of at least 4 members (excludes halogenated alkanes) is 20. The van der Waals surface area contributed by atoms with Gasteiger partial charge in [-0.05, 0) is 24.7 Å². The van der Waals surface area contributed by atoms with E-state index < -0.39 is 6.10 Å². The molecular formula is C38H74O5. The third-order valence-electron chi connectivity index (χ3n) is 8.81. The van der Waals surface area contributed by atoms with E-state index in [0.29, 0.717) is 12.8 Å². The van der Waals surface area contributed by atoms with Gasteiger partial charge < -0.3 is 14.6 Å². The molecule has 256 valence electrons. The van der Waals surface area contributed by atoms with Crippen LogP contribution < -0.4 is 0 Å². The van der Waals surface area contributed by atoms with Crippen LogP contribution in [0.25, 0.3) is 0 Å². The number of aliphatic hydroxyl groups excluding tert-OH is 1. The number of carbonyl (C=O) groups excluding carboxylic acids is 2. The van der Waals surface area contributed by atoms with Crippen molar-refractivity contribution in [2.24, 2.45) is 11.8 Å². The Kier molecular flexibility index (Phi) is 31.5. The first kappa shape index (κ1) is 41.9. The van der Waals surface area contributed by atoms with Gasteiger partial charge in [0.1, 0.15) is 19.3 Å². The predicted molar refractivity (Wildman–Crippen MR) is 182 cm³/mol. The minimum Gasteiger partial charge on any atom is -0.463 e. The van der Waals surface area contributed by atoms with Crippen molar-refractivity contribution in [3.8, 4) is 0 Å². The van der Waals surface area contributed by atoms with Crippen LogP contribution in [0.2, 0.25) is 0 Å². The SMILES string of the molecule is CCC(C)CCCCCCCCCCC(=O)OC[C@@H](O)COC(=O)CCCCCCCCCCCCCCCCC(C)C. The molecule has 0 saturated heterocycles. The molecule has 2 atom stereocenters. The molecule has 0 spiro atoms. The van der Waals surface area contributed by atoms with Gasteiger partial charge in [-0.25, -0.2) is 0 Å². The zero-order valence-corrected chi connectivity index (χ0v) is 29.3. The van der Waals surface area contributed by atoms with E-state index in [1.165, 1.54) is 128 Å². The lowest BCUT2D eigenvalue weighted by atomic mass is 9.99. The molecule has 0 aliphatic rings. The van der Waals surface area contributed by atoms with Crippen LogP contribution in [0.1, 0.15) is 201 Å². The maximum atomic E-state index is 11.9. The van der Waals surface area contributed by atoms with Crippen molar-refractivity contribution in [2.45, 2.75) is 207 Å². The van der Waals surface area contributed by atoms with Crippen LogP contribution in [0.5, 0.6) is 0 Å². The third-order valence-corrected chi connectivity index (χ3v) is 8.81. The zero-order valence-electron chi connectivity index (χ0n) is 29.3. The topological polar surface area (TPSA) is 72.8 Å². The summed E-state index contributed by atoms with van der Waals surface area (Å²) < 4.78 is 10.3. The average molecular weight is 611 g/mol. The van der Waals surface area contributed by atoms with Crippen molar-refractivity contribution < 1.29 is 24.2 Å². The van der Waals surface area contributed by atoms with Gasteiger partial charge in [0.25, 0.3) is 0 Å². The van der Waals surface area contributed by atoms with Gasteiger partial charge in [-0.1, -0.05) is 175 Å². The molecule has 43 heavy (non-hydrogen) atoms. The Hall–Kier alpha value is -1.10. The first-order valence-electron chi connectivity index (χ1n) is 18.8. The summed E-state index contributed by atoms with van der Waals surface area (Å²) >= 11 is 0. The number of rotatable bonds is 33. The Morgan fingerprint density at radius 2 is 0.791 bits per heavy atom. The van der Waals surface area contributed by atoms with Crippen LogP contribution in [-0.4, -0.2) is 36.4 Å². The summed E-state index contributed by atoms with van der Waals surface area (Å²) in [5, 5.41) is 9.99. The van der Waals surface area contributed by atoms with Crippen molar-refractivity contribution in [1.29, 1.82) is 0 Å². The fourth-order valence-electron chi connectivity index (χ4n) is 5.54. The quantitative estimate of drug-likeness (QED) is 0.0591. The molecule has 0 saturated carbocycles. The van der Waals surface area contributed by atoms with Crippen molar-refractivity contribution in [2.75, 3.05) is 13.2 Å². The number of esters is 2. The Labute approximate surface area is 268 Å². The van der Waals surface area contributed by atoms with Gasteiger partial charge in [0.05, 0.1) is 0 Å². The first-order valence-corrected chi connectivity index (χ1v) is 18.8. The summed E-state index contributed by atoms with van der Waals surface area (Å²) in [6, 6.07) is 0. The fraction of sp³-hybridized carbons (Fsp3) is 0.947. The molecule has 0 aromatic rings. The maximum absolute atomic E-state index is 11.9. The summed E-state index contributed by atoms with van der Waals surface area (Å²) in [7, 11) is 0. The molecular weight excluding hydrogens is 536 g/mol. The molecule has 0 aromatic carbocycles. The van der Waals surface area contributed by atoms with E-state index in [9.17, 15) is 14.7 Å². The highest BCUT2D eigenvalue weighted by Crippen LogP contribution is 2.16. The highest BCUT2D eigenvalue weighted by Gasteiger charge is 2.12. The van der Waals surface area contributed by atoms with Gasteiger partial charge in [-0.2, -0.15) is 0 Å². The van der Waals surface area contributed by atoms with E-state index in [0.717, 1.165) is 43.9 Å². The number of ether oxygens (including phenoxy) is 2. The standard InChI is InChI=1S/C38H74O5/c1-5-35(4)29-25-21-17-14-15-19-23-27-31-38(41)43-33-36(39)32-42-37(40)30-26-22-18-13-11-9-7-6-8-10-12-16-20-24-28-34(2)3/h34-36,39H,5-33H2,1-4H3/t35?,36-/m0/s1. The van der Waals surface area contributed by atoms with Crippen molar-refractivity contribution in [3.05, 3.63) is 0 Å². The van der Waals surface area contributed by atoms with Crippen molar-refractivity contribution in [1.82, 2.24) is 0 Å². The molecule has 5 heteroatoms. The average Bonchev–Trinajstić information content (AvgIpc) is 2.99. The summed E-state index contributed by atoms with van der Waals surface area (Å²) in [6.07, 6.45) is 31.5. The van der Waals surface area contributed by atoms with Crippen LogP contribution in [0, 0.1) is 11.8 Å². The van der Waals surface area contributed by atoms with Crippen LogP contribution in [0.3, 0.4) is 0 Å². The summed E-state index contributed by atoms with van der Waals surface area (Å²) in [5.41, 5.74) is 0. The van der Waals surface area contributed by atoms with Gasteiger partial charge >= 0.3 is 11.9 Å². The lowest BCUT2D eigenvalue weighted by Gasteiger charge is -2.12. The second-order valence-corrected chi connectivity index (χ2v) is 13.8. The Morgan fingerprint density at radius 1 is 0.488 bits per heavy atom. The van der Waals surface area contributed by atoms with Crippen LogP contribution in [-0.2, 0) is 19.1 Å². The smallest absolute Gasteiger partial charge is 0.305 e. The van der Waals surface area contributed by atoms with E-state index in [1.54, 1.807) is 0 Å². The van der Waals surface area contributed by atoms with E-state index in [4.69, 9.17) is 9.47 Å². The lowest BCUT2D eigenvalue weighted by Crippen LogP contribution is -2.25. The number of carbonyl (C=O) groups is 2. The molecule has 0 aliphatic heterocycles. The van der Waals surface area contributed by atoms with E-state index in [1.807, 2.05) is 0 Å². The monoisotopic (exact) mass is 611 g/mol. The summed E-state index contributed by atoms with van der Waals surface area (Å²) in [4.78, 5) is 23.9. The molecule has 0 radical (unpaired) electrons. The van der Waals surface area contributed by atoms with Gasteiger partial charge in [0.2, 0.25) is 0 Å². The Bertz CT molecular complexity index is 605. The second kappa shape index (κ2) is 32.3. The highest BCUT2D eigenvalue weighted by atomic mass is 16.6. The summed E-state index contributed by atoms with van der Waals surface area (Å²) in [6.45, 7) is 9.01. The number of hydrogen-bond acceptors (Lipinski definition) is 5. The predicted octanol–water partition coefficient (Wildman–Crippen LogP) is 11.3. The minimum absolute atomic E-state index is 0.110. The van der Waals surface area contributed by atoms with Gasteiger partial charge in [0, 0.05) is 12.8 Å². The van der Waals surface area contributed by atoms with E-state index >= 15 is 0 Å². The second-order valence-electron chi connectivity index (χ2n) is 13.8. The molecule has 5 nitrogen and oxygen atoms in total. The molecule has 0 aliphatic carbocycles. The van der Waals surface area contributed by atoms with Crippen LogP contribution >= 0.6 is 0 Å². The highest BCUT2D eigenvalue weighted by molar-refractivity contribution is 5.69. The molecule has 1 N–H and O–H groups in total. The zero-order chi connectivity index (χ0) is 31.8. The van der Waals surface area contributed by atoms with Crippen molar-refractivity contribution in [3.63, 3.8) is 0 Å². The molecule has 0 heterocycles. The van der Waals surface area contributed by atoms with E-state index in [-0.39, 0.29) is 25.2 Å². The fourth-order valence-corrected chi connectivity index (χ4v) is 5.54. The molecule has 0 rings (SSSR count). The molecule has 0 fully saturated rings. The Morgan fingerprint density at radius 3 is 1.12 bits per heavy atom. The molecule has 0 bridgehead atoms. The van der Waals surface area contributed by atoms with Crippen molar-refractivity contribution >= 4 is 11.9 Å². The molecule has 0 aromatic heterocycles. The largest absolute Gasteiger partial charge is 0.463 e. The normalized spacial score (nSPS) is 12.9. The van der Waals surface area contributed by atoms with Crippen LogP contribution in [0.15, 0.2) is 0 Å². The molecule has 0 amide bonds. The third kappa shape index (κ3) is 33.6. The summed E-state index contributed by atoms with van der Waals surface area (Å²) in [5.74, 6) is 1.16. The van der Waals surface area contributed by atoms with Crippen LogP contribution in [0.4, 0.5) is 0 Å². The van der Waals surface area contributed by atoms with Gasteiger partial charge in [-0.3, -0.25) is 9.59 Å². The number of aliphatic hydroxyl groups is 1. The van der Waals surface area contributed by atoms with E-state index in [2.05, 4.69) is 27.7 Å².